The molecule has 5 heteroatoms. The molecule has 0 unspecified atom stereocenters. The van der Waals surface area contributed by atoms with Crippen LogP contribution in [0.3, 0.4) is 0 Å². The van der Waals surface area contributed by atoms with Gasteiger partial charge in [-0.3, -0.25) is 0 Å². The molecule has 0 aromatic carbocycles. The maximum absolute atomic E-state index is 4.63. The van der Waals surface area contributed by atoms with Gasteiger partial charge in [0.25, 0.3) is 0 Å². The van der Waals surface area contributed by atoms with Gasteiger partial charge in [0.05, 0.1) is 0 Å². The van der Waals surface area contributed by atoms with Crippen LogP contribution >= 0.6 is 27.7 Å². The molecule has 3 nitrogen and oxygen atoms in total. The Morgan fingerprint density at radius 3 is 2.78 bits per heavy atom. The highest BCUT2D eigenvalue weighted by Gasteiger charge is 2.36. The topological polar surface area (TPSA) is 37.8 Å². The Labute approximate surface area is 121 Å². The second-order valence-electron chi connectivity index (χ2n) is 5.30. The number of nitrogens with zero attached hydrogens (tertiary/aromatic N) is 2. The Kier molecular flexibility index (Phi) is 3.54. The van der Waals surface area contributed by atoms with Crippen LogP contribution < -0.4 is 5.32 Å². The standard InChI is InChI=1S/C13H18BrN3S/c1-18-13(5-2-6-13)8-15-11-7-10(14)16-12(17-11)9-3-4-9/h7,9H,2-6,8H2,1H3,(H,15,16,17). The molecule has 1 N–H and O–H groups in total. The molecule has 0 saturated heterocycles. The highest BCUT2D eigenvalue weighted by atomic mass is 79.9. The number of anilines is 1. The lowest BCUT2D eigenvalue weighted by Crippen LogP contribution is -2.40. The van der Waals surface area contributed by atoms with E-state index in [1.54, 1.807) is 0 Å². The first-order chi connectivity index (χ1) is 8.71. The first-order valence-corrected chi connectivity index (χ1v) is 8.56. The lowest BCUT2D eigenvalue weighted by molar-refractivity contribution is 0.379. The summed E-state index contributed by atoms with van der Waals surface area (Å²) >= 11 is 5.47. The zero-order valence-corrected chi connectivity index (χ0v) is 13.0. The molecular weight excluding hydrogens is 310 g/mol. The van der Waals surface area contributed by atoms with E-state index in [4.69, 9.17) is 0 Å². The summed E-state index contributed by atoms with van der Waals surface area (Å²) < 4.78 is 1.34. The number of halogens is 1. The number of thioether (sulfide) groups is 1. The lowest BCUT2D eigenvalue weighted by Gasteiger charge is -2.40. The van der Waals surface area contributed by atoms with Crippen LogP contribution in [-0.2, 0) is 0 Å². The minimum atomic E-state index is 0.442. The summed E-state index contributed by atoms with van der Waals surface area (Å²) in [6.45, 7) is 1.02. The first kappa shape index (κ1) is 12.7. The third kappa shape index (κ3) is 2.67. The van der Waals surface area contributed by atoms with Gasteiger partial charge in [-0.05, 0) is 47.9 Å². The van der Waals surface area contributed by atoms with Gasteiger partial charge in [0.15, 0.2) is 0 Å². The van der Waals surface area contributed by atoms with E-state index in [0.29, 0.717) is 10.7 Å². The van der Waals surface area contributed by atoms with Gasteiger partial charge >= 0.3 is 0 Å². The van der Waals surface area contributed by atoms with Gasteiger partial charge < -0.3 is 5.32 Å². The third-order valence-corrected chi connectivity index (χ3v) is 5.77. The molecule has 18 heavy (non-hydrogen) atoms. The molecule has 2 aliphatic rings. The van der Waals surface area contributed by atoms with Crippen molar-refractivity contribution in [3.05, 3.63) is 16.5 Å². The molecule has 2 aliphatic carbocycles. The van der Waals surface area contributed by atoms with E-state index < -0.39 is 0 Å². The summed E-state index contributed by atoms with van der Waals surface area (Å²) in [7, 11) is 0. The second kappa shape index (κ2) is 5.00. The normalized spacial score (nSPS) is 21.4. The lowest BCUT2D eigenvalue weighted by atomic mass is 9.84. The quantitative estimate of drug-likeness (QED) is 0.834. The van der Waals surface area contributed by atoms with Crippen molar-refractivity contribution in [3.63, 3.8) is 0 Å². The van der Waals surface area contributed by atoms with Crippen molar-refractivity contribution in [2.24, 2.45) is 0 Å². The number of nitrogens with one attached hydrogen (secondary N) is 1. The van der Waals surface area contributed by atoms with E-state index in [1.165, 1.54) is 32.1 Å². The van der Waals surface area contributed by atoms with Crippen LogP contribution in [0.1, 0.15) is 43.8 Å². The van der Waals surface area contributed by atoms with Crippen LogP contribution in [0.2, 0.25) is 0 Å². The third-order valence-electron chi connectivity index (χ3n) is 3.94. The summed E-state index contributed by atoms with van der Waals surface area (Å²) in [5.74, 6) is 2.57. The fourth-order valence-corrected chi connectivity index (χ4v) is 3.64. The molecule has 1 aromatic heterocycles. The Morgan fingerprint density at radius 1 is 1.44 bits per heavy atom. The smallest absolute Gasteiger partial charge is 0.135 e. The minimum Gasteiger partial charge on any atom is -0.369 e. The minimum absolute atomic E-state index is 0.442. The maximum Gasteiger partial charge on any atom is 0.135 e. The van der Waals surface area contributed by atoms with Crippen molar-refractivity contribution < 1.29 is 0 Å². The monoisotopic (exact) mass is 327 g/mol. The van der Waals surface area contributed by atoms with Crippen LogP contribution in [0.5, 0.6) is 0 Å². The van der Waals surface area contributed by atoms with E-state index in [-0.39, 0.29) is 0 Å². The predicted molar refractivity (Wildman–Crippen MR) is 80.3 cm³/mol. The summed E-state index contributed by atoms with van der Waals surface area (Å²) in [5, 5.41) is 3.50. The van der Waals surface area contributed by atoms with E-state index in [0.717, 1.165) is 22.8 Å². The van der Waals surface area contributed by atoms with Crippen molar-refractivity contribution in [3.8, 4) is 0 Å². The van der Waals surface area contributed by atoms with Crippen LogP contribution in [0.15, 0.2) is 10.7 Å². The zero-order valence-electron chi connectivity index (χ0n) is 10.6. The van der Waals surface area contributed by atoms with Gasteiger partial charge in [-0.1, -0.05) is 6.42 Å². The molecule has 0 atom stereocenters. The summed E-state index contributed by atoms with van der Waals surface area (Å²) in [4.78, 5) is 9.08. The van der Waals surface area contributed by atoms with Gasteiger partial charge in [-0.25, -0.2) is 9.97 Å². The molecule has 2 saturated carbocycles. The molecule has 0 radical (unpaired) electrons. The molecule has 0 spiro atoms. The molecule has 1 aromatic rings. The van der Waals surface area contributed by atoms with Crippen molar-refractivity contribution in [2.75, 3.05) is 18.1 Å². The molecule has 0 bridgehead atoms. The second-order valence-corrected chi connectivity index (χ2v) is 7.39. The average molecular weight is 328 g/mol. The Balaban J connectivity index is 1.68. The molecule has 2 fully saturated rings. The first-order valence-electron chi connectivity index (χ1n) is 6.54. The maximum atomic E-state index is 4.63. The number of rotatable bonds is 5. The highest BCUT2D eigenvalue weighted by Crippen LogP contribution is 2.43. The Morgan fingerprint density at radius 2 is 2.22 bits per heavy atom. The zero-order chi connectivity index (χ0) is 12.6. The fourth-order valence-electron chi connectivity index (χ4n) is 2.33. The number of hydrogen-bond acceptors (Lipinski definition) is 4. The van der Waals surface area contributed by atoms with Crippen LogP contribution in [0.4, 0.5) is 5.82 Å². The van der Waals surface area contributed by atoms with Crippen molar-refractivity contribution in [1.82, 2.24) is 9.97 Å². The Hall–Kier alpha value is -0.290. The van der Waals surface area contributed by atoms with Crippen molar-refractivity contribution >= 4 is 33.5 Å². The summed E-state index contributed by atoms with van der Waals surface area (Å²) in [5.41, 5.74) is 0. The molecule has 1 heterocycles. The van der Waals surface area contributed by atoms with Gasteiger partial charge in [0, 0.05) is 23.3 Å². The molecular formula is C13H18BrN3S. The molecule has 3 rings (SSSR count). The van der Waals surface area contributed by atoms with Gasteiger partial charge in [0.2, 0.25) is 0 Å². The van der Waals surface area contributed by atoms with Crippen LogP contribution in [-0.4, -0.2) is 27.5 Å². The SMILES string of the molecule is CSC1(CNc2cc(Br)nc(C3CC3)n2)CCC1. The molecule has 0 aliphatic heterocycles. The Bertz CT molecular complexity index is 438. The highest BCUT2D eigenvalue weighted by molar-refractivity contribution is 9.10. The number of hydrogen-bond donors (Lipinski definition) is 1. The number of aromatic nitrogens is 2. The summed E-state index contributed by atoms with van der Waals surface area (Å²) in [6, 6.07) is 1.98. The largest absolute Gasteiger partial charge is 0.369 e. The van der Waals surface area contributed by atoms with Crippen LogP contribution in [0, 0.1) is 0 Å². The van der Waals surface area contributed by atoms with Crippen molar-refractivity contribution in [2.45, 2.75) is 42.8 Å². The van der Waals surface area contributed by atoms with Crippen LogP contribution in [0.25, 0.3) is 0 Å². The van der Waals surface area contributed by atoms with Crippen molar-refractivity contribution in [1.29, 1.82) is 0 Å². The molecule has 0 amide bonds. The van der Waals surface area contributed by atoms with Gasteiger partial charge in [-0.15, -0.1) is 0 Å². The van der Waals surface area contributed by atoms with E-state index in [1.807, 2.05) is 17.8 Å². The average Bonchev–Trinajstić information content (AvgIpc) is 3.11. The van der Waals surface area contributed by atoms with Gasteiger partial charge in [0.1, 0.15) is 16.2 Å². The van der Waals surface area contributed by atoms with E-state index in [2.05, 4.69) is 37.5 Å². The predicted octanol–water partition coefficient (Wildman–Crippen LogP) is 3.81. The van der Waals surface area contributed by atoms with E-state index >= 15 is 0 Å². The fraction of sp³-hybridized carbons (Fsp3) is 0.692. The molecule has 98 valence electrons. The van der Waals surface area contributed by atoms with E-state index in [9.17, 15) is 0 Å². The van der Waals surface area contributed by atoms with Gasteiger partial charge in [-0.2, -0.15) is 11.8 Å². The summed E-state index contributed by atoms with van der Waals surface area (Å²) in [6.07, 6.45) is 8.71.